The molecule has 0 aliphatic carbocycles. The third-order valence-electron chi connectivity index (χ3n) is 2.91. The van der Waals surface area contributed by atoms with Gasteiger partial charge in [0, 0.05) is 32.3 Å². The zero-order valence-corrected chi connectivity index (χ0v) is 13.1. The van der Waals surface area contributed by atoms with Gasteiger partial charge in [0.2, 0.25) is 0 Å². The van der Waals surface area contributed by atoms with E-state index in [0.717, 1.165) is 37.8 Å². The molecule has 6 heteroatoms. The minimum atomic E-state index is 0.444. The summed E-state index contributed by atoms with van der Waals surface area (Å²) in [7, 11) is 2.10. The molecule has 0 spiro atoms. The van der Waals surface area contributed by atoms with E-state index >= 15 is 0 Å². The predicted molar refractivity (Wildman–Crippen MR) is 83.2 cm³/mol. The van der Waals surface area contributed by atoms with Crippen LogP contribution in [0.1, 0.15) is 26.6 Å². The SMILES string of the molecule is CCNc1cc(NCCN(C)CC)nc(COCC)n1. The first-order chi connectivity index (χ1) is 9.69. The lowest BCUT2D eigenvalue weighted by atomic mass is 10.4. The average Bonchev–Trinajstić information content (AvgIpc) is 2.45. The molecule has 2 N–H and O–H groups in total. The van der Waals surface area contributed by atoms with Crippen LogP contribution in [0.15, 0.2) is 6.07 Å². The van der Waals surface area contributed by atoms with E-state index < -0.39 is 0 Å². The molecule has 114 valence electrons. The Kier molecular flexibility index (Phi) is 7.91. The first kappa shape index (κ1) is 16.7. The van der Waals surface area contributed by atoms with E-state index in [9.17, 15) is 0 Å². The van der Waals surface area contributed by atoms with E-state index in [0.29, 0.717) is 19.0 Å². The van der Waals surface area contributed by atoms with E-state index in [4.69, 9.17) is 4.74 Å². The van der Waals surface area contributed by atoms with E-state index in [-0.39, 0.29) is 0 Å². The van der Waals surface area contributed by atoms with Crippen molar-refractivity contribution in [2.75, 3.05) is 50.5 Å². The van der Waals surface area contributed by atoms with Gasteiger partial charge in [0.1, 0.15) is 18.2 Å². The van der Waals surface area contributed by atoms with Gasteiger partial charge in [-0.15, -0.1) is 0 Å². The van der Waals surface area contributed by atoms with Crippen molar-refractivity contribution in [2.24, 2.45) is 0 Å². The van der Waals surface area contributed by atoms with Crippen LogP contribution in [-0.2, 0) is 11.3 Å². The van der Waals surface area contributed by atoms with Crippen molar-refractivity contribution in [2.45, 2.75) is 27.4 Å². The van der Waals surface area contributed by atoms with Crippen molar-refractivity contribution in [3.63, 3.8) is 0 Å². The normalized spacial score (nSPS) is 10.8. The molecule has 0 saturated heterocycles. The Hall–Kier alpha value is -1.40. The van der Waals surface area contributed by atoms with Gasteiger partial charge in [-0.2, -0.15) is 0 Å². The maximum Gasteiger partial charge on any atom is 0.158 e. The summed E-state index contributed by atoms with van der Waals surface area (Å²) in [5.41, 5.74) is 0. The summed E-state index contributed by atoms with van der Waals surface area (Å²) in [4.78, 5) is 11.1. The lowest BCUT2D eigenvalue weighted by Crippen LogP contribution is -2.25. The van der Waals surface area contributed by atoms with Crippen LogP contribution in [0.5, 0.6) is 0 Å². The summed E-state index contributed by atoms with van der Waals surface area (Å²) in [5.74, 6) is 2.38. The third-order valence-corrected chi connectivity index (χ3v) is 2.91. The highest BCUT2D eigenvalue weighted by atomic mass is 16.5. The Balaban J connectivity index is 2.64. The number of nitrogens with one attached hydrogen (secondary N) is 2. The van der Waals surface area contributed by atoms with Crippen LogP contribution in [0.3, 0.4) is 0 Å². The molecule has 0 unspecified atom stereocenters. The number of nitrogens with zero attached hydrogens (tertiary/aromatic N) is 3. The number of aromatic nitrogens is 2. The van der Waals surface area contributed by atoms with Crippen LogP contribution in [0, 0.1) is 0 Å². The van der Waals surface area contributed by atoms with Crippen LogP contribution in [0.25, 0.3) is 0 Å². The molecule has 1 heterocycles. The number of rotatable bonds is 10. The molecule has 1 rings (SSSR count). The Bertz CT molecular complexity index is 386. The van der Waals surface area contributed by atoms with E-state index in [1.807, 2.05) is 19.9 Å². The summed E-state index contributed by atoms with van der Waals surface area (Å²) in [6, 6.07) is 1.94. The van der Waals surface area contributed by atoms with Crippen molar-refractivity contribution in [3.05, 3.63) is 11.9 Å². The Morgan fingerprint density at radius 2 is 1.85 bits per heavy atom. The van der Waals surface area contributed by atoms with Gasteiger partial charge in [0.05, 0.1) is 0 Å². The number of likely N-dealkylation sites (N-methyl/N-ethyl adjacent to an activating group) is 1. The van der Waals surface area contributed by atoms with Crippen molar-refractivity contribution in [3.8, 4) is 0 Å². The Labute approximate surface area is 121 Å². The number of hydrogen-bond acceptors (Lipinski definition) is 6. The van der Waals surface area contributed by atoms with E-state index in [1.54, 1.807) is 0 Å². The van der Waals surface area contributed by atoms with Crippen molar-refractivity contribution in [1.29, 1.82) is 0 Å². The highest BCUT2D eigenvalue weighted by molar-refractivity contribution is 5.47. The van der Waals surface area contributed by atoms with Gasteiger partial charge < -0.3 is 20.3 Å². The van der Waals surface area contributed by atoms with E-state index in [2.05, 4.69) is 39.5 Å². The van der Waals surface area contributed by atoms with E-state index in [1.165, 1.54) is 0 Å². The zero-order chi connectivity index (χ0) is 14.8. The van der Waals surface area contributed by atoms with Crippen LogP contribution in [0.4, 0.5) is 11.6 Å². The standard InChI is InChI=1S/C14H27N5O/c1-5-15-12-10-13(16-8-9-19(4)6-2)18-14(17-12)11-20-7-3/h10H,5-9,11H2,1-4H3,(H2,15,16,17,18). The maximum atomic E-state index is 5.38. The largest absolute Gasteiger partial charge is 0.374 e. The van der Waals surface area contributed by atoms with Gasteiger partial charge in [-0.3, -0.25) is 0 Å². The molecular formula is C14H27N5O. The van der Waals surface area contributed by atoms with Crippen molar-refractivity contribution in [1.82, 2.24) is 14.9 Å². The second-order valence-electron chi connectivity index (χ2n) is 4.54. The molecule has 0 amide bonds. The second-order valence-corrected chi connectivity index (χ2v) is 4.54. The summed E-state index contributed by atoms with van der Waals surface area (Å²) < 4.78 is 5.38. The van der Waals surface area contributed by atoms with Crippen LogP contribution in [-0.4, -0.2) is 54.7 Å². The molecular weight excluding hydrogens is 254 g/mol. The van der Waals surface area contributed by atoms with Gasteiger partial charge in [0.25, 0.3) is 0 Å². The fourth-order valence-corrected chi connectivity index (χ4v) is 1.65. The Morgan fingerprint density at radius 3 is 2.45 bits per heavy atom. The molecule has 0 aliphatic heterocycles. The molecule has 1 aromatic heterocycles. The summed E-state index contributed by atoms with van der Waals surface area (Å²) in [6.07, 6.45) is 0. The topological polar surface area (TPSA) is 62.3 Å². The summed E-state index contributed by atoms with van der Waals surface area (Å²) in [6.45, 7) is 11.0. The molecule has 0 aromatic carbocycles. The second kappa shape index (κ2) is 9.50. The molecule has 20 heavy (non-hydrogen) atoms. The van der Waals surface area contributed by atoms with Crippen molar-refractivity contribution >= 4 is 11.6 Å². The highest BCUT2D eigenvalue weighted by Crippen LogP contribution is 2.11. The quantitative estimate of drug-likeness (QED) is 0.682. The molecule has 0 atom stereocenters. The molecule has 1 aromatic rings. The molecule has 0 bridgehead atoms. The molecule has 6 nitrogen and oxygen atoms in total. The van der Waals surface area contributed by atoms with Gasteiger partial charge in [0.15, 0.2) is 5.82 Å². The lowest BCUT2D eigenvalue weighted by Gasteiger charge is -2.15. The minimum Gasteiger partial charge on any atom is -0.374 e. The minimum absolute atomic E-state index is 0.444. The van der Waals surface area contributed by atoms with Gasteiger partial charge in [-0.1, -0.05) is 6.92 Å². The number of hydrogen-bond donors (Lipinski definition) is 2. The van der Waals surface area contributed by atoms with Crippen LogP contribution in [0.2, 0.25) is 0 Å². The third kappa shape index (κ3) is 6.16. The van der Waals surface area contributed by atoms with Crippen molar-refractivity contribution < 1.29 is 4.74 Å². The zero-order valence-electron chi connectivity index (χ0n) is 13.1. The highest BCUT2D eigenvalue weighted by Gasteiger charge is 2.04. The fraction of sp³-hybridized carbons (Fsp3) is 0.714. The first-order valence-corrected chi connectivity index (χ1v) is 7.31. The average molecular weight is 281 g/mol. The number of anilines is 2. The van der Waals surface area contributed by atoms with Gasteiger partial charge >= 0.3 is 0 Å². The summed E-state index contributed by atoms with van der Waals surface area (Å²) in [5, 5.41) is 6.56. The van der Waals surface area contributed by atoms with Gasteiger partial charge in [-0.25, -0.2) is 9.97 Å². The molecule has 0 saturated carbocycles. The molecule has 0 fully saturated rings. The fourth-order valence-electron chi connectivity index (χ4n) is 1.65. The van der Waals surface area contributed by atoms with Crippen LogP contribution < -0.4 is 10.6 Å². The van der Waals surface area contributed by atoms with Crippen LogP contribution >= 0.6 is 0 Å². The molecule has 0 aliphatic rings. The maximum absolute atomic E-state index is 5.38. The monoisotopic (exact) mass is 281 g/mol. The lowest BCUT2D eigenvalue weighted by molar-refractivity contribution is 0.128. The molecule has 0 radical (unpaired) electrons. The summed E-state index contributed by atoms with van der Waals surface area (Å²) >= 11 is 0. The van der Waals surface area contributed by atoms with Gasteiger partial charge in [-0.05, 0) is 27.4 Å². The number of ether oxygens (including phenoxy) is 1. The predicted octanol–water partition coefficient (Wildman–Crippen LogP) is 1.81. The first-order valence-electron chi connectivity index (χ1n) is 7.31. The Morgan fingerprint density at radius 1 is 1.15 bits per heavy atom. The smallest absolute Gasteiger partial charge is 0.158 e.